The van der Waals surface area contributed by atoms with Crippen molar-refractivity contribution in [2.45, 2.75) is 30.9 Å². The highest BCUT2D eigenvalue weighted by Gasteiger charge is 2.46. The van der Waals surface area contributed by atoms with Gasteiger partial charge in [0.1, 0.15) is 12.1 Å². The summed E-state index contributed by atoms with van der Waals surface area (Å²) < 4.78 is 112. The number of aryl methyl sites for hydroxylation is 1. The lowest BCUT2D eigenvalue weighted by Crippen LogP contribution is -2.54. The topological polar surface area (TPSA) is 85.7 Å². The summed E-state index contributed by atoms with van der Waals surface area (Å²) in [6.45, 7) is -1.02. The molecule has 2 atom stereocenters. The number of nitrogens with one attached hydrogen (secondary N) is 1. The highest BCUT2D eigenvalue weighted by atomic mass is 19.4. The van der Waals surface area contributed by atoms with Crippen LogP contribution >= 0.6 is 0 Å². The number of alkyl halides is 6. The van der Waals surface area contributed by atoms with Crippen LogP contribution in [0.25, 0.3) is 32.8 Å². The molecule has 1 aliphatic heterocycles. The molecule has 1 aliphatic rings. The number of benzene rings is 3. The maximum absolute atomic E-state index is 15.8. The van der Waals surface area contributed by atoms with Gasteiger partial charge in [-0.2, -0.15) is 26.3 Å². The number of esters is 1. The minimum Gasteiger partial charge on any atom is -0.467 e. The number of morpholine rings is 1. The summed E-state index contributed by atoms with van der Waals surface area (Å²) in [7, 11) is 2.48. The fraction of sp³-hybridized carbons (Fsp3) is 0.286. The van der Waals surface area contributed by atoms with Crippen molar-refractivity contribution in [3.05, 3.63) is 100 Å². The van der Waals surface area contributed by atoms with Gasteiger partial charge in [-0.15, -0.1) is 0 Å². The minimum absolute atomic E-state index is 0.00995. The van der Waals surface area contributed by atoms with Crippen LogP contribution in [0.4, 0.5) is 42.2 Å². The van der Waals surface area contributed by atoms with Gasteiger partial charge in [-0.05, 0) is 34.0 Å². The lowest BCUT2D eigenvalue weighted by atomic mass is 9.90. The average molecular weight is 703 g/mol. The predicted molar refractivity (Wildman–Crippen MR) is 172 cm³/mol. The number of aromatic nitrogens is 2. The number of methoxy groups -OCH3 is 1. The normalized spacial score (nSPS) is 16.1. The van der Waals surface area contributed by atoms with E-state index in [1.54, 1.807) is 24.3 Å². The molecule has 5 aromatic rings. The van der Waals surface area contributed by atoms with Gasteiger partial charge in [-0.25, -0.2) is 14.2 Å². The summed E-state index contributed by atoms with van der Waals surface area (Å²) >= 11 is 0. The molecular weight excluding hydrogens is 673 g/mol. The zero-order valence-electron chi connectivity index (χ0n) is 26.5. The van der Waals surface area contributed by atoms with E-state index in [-0.39, 0.29) is 41.4 Å². The fourth-order valence-electron chi connectivity index (χ4n) is 6.45. The first-order valence-electron chi connectivity index (χ1n) is 15.3. The number of para-hydroxylation sites is 1. The van der Waals surface area contributed by atoms with Crippen LogP contribution in [-0.2, 0) is 33.9 Å². The van der Waals surface area contributed by atoms with Gasteiger partial charge < -0.3 is 24.3 Å². The number of pyridine rings is 2. The van der Waals surface area contributed by atoms with E-state index in [1.165, 1.54) is 43.4 Å². The van der Waals surface area contributed by atoms with E-state index in [1.807, 2.05) is 0 Å². The number of fused-ring (bicyclic) bond motifs is 2. The van der Waals surface area contributed by atoms with E-state index in [0.717, 1.165) is 28.8 Å². The zero-order valence-corrected chi connectivity index (χ0v) is 26.5. The Kier molecular flexibility index (Phi) is 9.20. The number of carbonyl (C=O) groups excluding carboxylic acids is 1. The number of anilines is 2. The Hall–Kier alpha value is -5.18. The summed E-state index contributed by atoms with van der Waals surface area (Å²) in [6, 6.07) is 12.6. The van der Waals surface area contributed by atoms with E-state index < -0.39 is 71.0 Å². The van der Waals surface area contributed by atoms with E-state index in [2.05, 4.69) is 10.3 Å². The monoisotopic (exact) mass is 702 g/mol. The summed E-state index contributed by atoms with van der Waals surface area (Å²) in [4.78, 5) is 31.4. The Labute approximate surface area is 280 Å². The zero-order chi connectivity index (χ0) is 36.0. The first kappa shape index (κ1) is 34.7. The van der Waals surface area contributed by atoms with E-state index in [4.69, 9.17) is 9.47 Å². The molecule has 0 aliphatic carbocycles. The molecule has 0 spiro atoms. The van der Waals surface area contributed by atoms with Crippen molar-refractivity contribution in [1.82, 2.24) is 9.55 Å². The maximum atomic E-state index is 15.8. The predicted octanol–water partition coefficient (Wildman–Crippen LogP) is 6.88. The first-order chi connectivity index (χ1) is 23.7. The van der Waals surface area contributed by atoms with Gasteiger partial charge in [-0.3, -0.25) is 4.79 Å². The molecule has 0 saturated carbocycles. The van der Waals surface area contributed by atoms with Crippen molar-refractivity contribution in [2.75, 3.05) is 37.1 Å². The molecule has 8 nitrogen and oxygen atoms in total. The van der Waals surface area contributed by atoms with Crippen molar-refractivity contribution in [1.29, 1.82) is 0 Å². The molecule has 0 unspecified atom stereocenters. The van der Waals surface area contributed by atoms with Gasteiger partial charge in [0.25, 0.3) is 5.56 Å². The fourth-order valence-corrected chi connectivity index (χ4v) is 6.45. The number of hydrogen-bond acceptors (Lipinski definition) is 7. The van der Waals surface area contributed by atoms with Gasteiger partial charge in [0.05, 0.1) is 42.7 Å². The lowest BCUT2D eigenvalue weighted by Gasteiger charge is -2.38. The number of ether oxygens (including phenoxy) is 2. The lowest BCUT2D eigenvalue weighted by molar-refractivity contribution is -0.167. The molecule has 0 bridgehead atoms. The van der Waals surface area contributed by atoms with Gasteiger partial charge >= 0.3 is 18.3 Å². The molecule has 50 heavy (non-hydrogen) atoms. The van der Waals surface area contributed by atoms with Crippen LogP contribution in [0.1, 0.15) is 11.1 Å². The number of rotatable bonds is 7. The van der Waals surface area contributed by atoms with Crippen LogP contribution in [0.2, 0.25) is 0 Å². The average Bonchev–Trinajstić information content (AvgIpc) is 3.09. The molecule has 0 radical (unpaired) electrons. The number of carbonyl (C=O) groups is 1. The van der Waals surface area contributed by atoms with Gasteiger partial charge in [0.15, 0.2) is 11.6 Å². The van der Waals surface area contributed by atoms with Crippen molar-refractivity contribution < 1.29 is 45.0 Å². The molecule has 262 valence electrons. The Morgan fingerprint density at radius 1 is 1.00 bits per heavy atom. The Morgan fingerprint density at radius 2 is 1.70 bits per heavy atom. The van der Waals surface area contributed by atoms with Crippen LogP contribution < -0.4 is 15.8 Å². The van der Waals surface area contributed by atoms with Crippen molar-refractivity contribution >= 4 is 39.1 Å². The molecule has 0 amide bonds. The standard InChI is InChI=1S/C35H29F7N4O4/c1-45-25-12-4-3-8-23(25)29(35(40,41)42)28(32(45)47)22-11-6-9-20-19(7-5-10-21(20)22)17-24(33(48)49-2)44-31-30(36)26(13-14-43-31)46-15-16-50-18-27(46)34(37,38)39/h3-14,24,27H,15-18H2,1-2H3,(H,43,44)/t24-,27+/m0/s1. The molecule has 1 N–H and O–H groups in total. The Balaban J connectivity index is 1.42. The first-order valence-corrected chi connectivity index (χ1v) is 15.3. The van der Waals surface area contributed by atoms with Gasteiger partial charge in [-0.1, -0.05) is 54.6 Å². The Bertz CT molecular complexity index is 2150. The second-order valence-corrected chi connectivity index (χ2v) is 11.7. The SMILES string of the molecule is COC(=O)[C@H](Cc1cccc2c(-c3c(C(F)(F)F)c4ccccc4n(C)c3=O)cccc12)Nc1nccc(N2CCOC[C@@H]2C(F)(F)F)c1F. The third-order valence-electron chi connectivity index (χ3n) is 8.77. The second-order valence-electron chi connectivity index (χ2n) is 11.7. The minimum atomic E-state index is -4.89. The molecule has 2 aromatic heterocycles. The summed E-state index contributed by atoms with van der Waals surface area (Å²) in [5.74, 6) is -2.52. The van der Waals surface area contributed by atoms with Crippen LogP contribution in [0.5, 0.6) is 0 Å². The van der Waals surface area contributed by atoms with Crippen molar-refractivity contribution in [2.24, 2.45) is 7.05 Å². The van der Waals surface area contributed by atoms with E-state index in [0.29, 0.717) is 10.9 Å². The molecule has 3 aromatic carbocycles. The molecule has 1 fully saturated rings. The van der Waals surface area contributed by atoms with Crippen molar-refractivity contribution in [3.63, 3.8) is 0 Å². The summed E-state index contributed by atoms with van der Waals surface area (Å²) in [5.41, 5.74) is -2.36. The highest BCUT2D eigenvalue weighted by Crippen LogP contribution is 2.42. The number of nitrogens with zero attached hydrogens (tertiary/aromatic N) is 3. The van der Waals surface area contributed by atoms with Gasteiger partial charge in [0, 0.05) is 31.6 Å². The van der Waals surface area contributed by atoms with E-state index in [9.17, 15) is 35.9 Å². The third kappa shape index (κ3) is 6.32. The smallest absolute Gasteiger partial charge is 0.417 e. The van der Waals surface area contributed by atoms with Crippen LogP contribution in [0, 0.1) is 5.82 Å². The number of halogens is 7. The van der Waals surface area contributed by atoms with Gasteiger partial charge in [0.2, 0.25) is 0 Å². The summed E-state index contributed by atoms with van der Waals surface area (Å²) in [6.07, 6.45) is -8.72. The van der Waals surface area contributed by atoms with Crippen LogP contribution in [0.15, 0.2) is 77.7 Å². The highest BCUT2D eigenvalue weighted by molar-refractivity contribution is 6.01. The quantitative estimate of drug-likeness (QED) is 0.146. The Morgan fingerprint density at radius 3 is 2.42 bits per heavy atom. The molecule has 15 heteroatoms. The molecule has 3 heterocycles. The van der Waals surface area contributed by atoms with Crippen LogP contribution in [-0.4, -0.2) is 60.6 Å². The second kappa shape index (κ2) is 13.3. The van der Waals surface area contributed by atoms with Crippen molar-refractivity contribution in [3.8, 4) is 11.1 Å². The molecule has 1 saturated heterocycles. The summed E-state index contributed by atoms with van der Waals surface area (Å²) in [5, 5.41) is 3.17. The van der Waals surface area contributed by atoms with Crippen LogP contribution in [0.3, 0.4) is 0 Å². The van der Waals surface area contributed by atoms with E-state index >= 15 is 4.39 Å². The maximum Gasteiger partial charge on any atom is 0.417 e. The molecular formula is C35H29F7N4O4. The number of hydrogen-bond donors (Lipinski definition) is 1. The molecule has 6 rings (SSSR count). The largest absolute Gasteiger partial charge is 0.467 e. The third-order valence-corrected chi connectivity index (χ3v) is 8.77.